The van der Waals surface area contributed by atoms with Crippen LogP contribution in [0.3, 0.4) is 0 Å². The first-order valence-electron chi connectivity index (χ1n) is 6.12. The third kappa shape index (κ3) is 10.2. The summed E-state index contributed by atoms with van der Waals surface area (Å²) in [5.74, 6) is 0. The van der Waals surface area contributed by atoms with Crippen LogP contribution in [0, 0.1) is 0 Å². The van der Waals surface area contributed by atoms with Gasteiger partial charge < -0.3 is 15.6 Å². The summed E-state index contributed by atoms with van der Waals surface area (Å²) in [5, 5.41) is 9.55. The predicted molar refractivity (Wildman–Crippen MR) is 63.9 cm³/mol. The molecular weight excluding hydrogens is 190 g/mol. The van der Waals surface area contributed by atoms with Crippen molar-refractivity contribution in [2.45, 2.75) is 58.0 Å². The Morgan fingerprint density at radius 2 is 1.73 bits per heavy atom. The molecule has 0 aromatic carbocycles. The molecule has 0 aliphatic carbocycles. The molecule has 0 bridgehead atoms. The SMILES string of the molecule is CCCCCCCCOCC(C)(O)CN. The van der Waals surface area contributed by atoms with Crippen LogP contribution in [0.15, 0.2) is 0 Å². The van der Waals surface area contributed by atoms with Gasteiger partial charge in [0.2, 0.25) is 0 Å². The van der Waals surface area contributed by atoms with E-state index in [4.69, 9.17) is 10.5 Å². The van der Waals surface area contributed by atoms with Gasteiger partial charge in [-0.05, 0) is 13.3 Å². The Hall–Kier alpha value is -0.120. The third-order valence-electron chi connectivity index (χ3n) is 2.49. The van der Waals surface area contributed by atoms with Crippen LogP contribution in [0.5, 0.6) is 0 Å². The Balaban J connectivity index is 3.11. The lowest BCUT2D eigenvalue weighted by atomic mass is 10.1. The topological polar surface area (TPSA) is 55.5 Å². The molecule has 0 rings (SSSR count). The Labute approximate surface area is 94.0 Å². The summed E-state index contributed by atoms with van der Waals surface area (Å²) in [4.78, 5) is 0. The fraction of sp³-hybridized carbons (Fsp3) is 1.00. The number of hydrogen-bond acceptors (Lipinski definition) is 3. The Bertz CT molecular complexity index is 138. The second kappa shape index (κ2) is 9.13. The summed E-state index contributed by atoms with van der Waals surface area (Å²) in [5.41, 5.74) is 4.51. The molecule has 92 valence electrons. The number of hydrogen-bond donors (Lipinski definition) is 2. The van der Waals surface area contributed by atoms with Gasteiger partial charge in [-0.3, -0.25) is 0 Å². The van der Waals surface area contributed by atoms with E-state index in [1.807, 2.05) is 0 Å². The minimum absolute atomic E-state index is 0.253. The summed E-state index contributed by atoms with van der Waals surface area (Å²) in [6, 6.07) is 0. The van der Waals surface area contributed by atoms with Gasteiger partial charge in [-0.25, -0.2) is 0 Å². The van der Waals surface area contributed by atoms with Gasteiger partial charge in [0.1, 0.15) is 0 Å². The molecular formula is C12H27NO2. The van der Waals surface area contributed by atoms with E-state index in [1.165, 1.54) is 32.1 Å². The van der Waals surface area contributed by atoms with Crippen molar-refractivity contribution in [3.05, 3.63) is 0 Å². The lowest BCUT2D eigenvalue weighted by molar-refractivity contribution is -0.0279. The molecule has 0 aromatic rings. The highest BCUT2D eigenvalue weighted by atomic mass is 16.5. The van der Waals surface area contributed by atoms with Crippen LogP contribution in [0.4, 0.5) is 0 Å². The Morgan fingerprint density at radius 3 is 2.33 bits per heavy atom. The maximum absolute atomic E-state index is 9.55. The molecule has 1 atom stereocenters. The summed E-state index contributed by atoms with van der Waals surface area (Å²) in [7, 11) is 0. The summed E-state index contributed by atoms with van der Waals surface area (Å²) in [6.07, 6.45) is 7.56. The number of nitrogens with two attached hydrogens (primary N) is 1. The summed E-state index contributed by atoms with van der Waals surface area (Å²) < 4.78 is 5.37. The summed E-state index contributed by atoms with van der Waals surface area (Å²) >= 11 is 0. The molecule has 0 spiro atoms. The highest BCUT2D eigenvalue weighted by Crippen LogP contribution is 2.06. The van der Waals surface area contributed by atoms with Gasteiger partial charge in [-0.2, -0.15) is 0 Å². The van der Waals surface area contributed by atoms with Gasteiger partial charge in [-0.15, -0.1) is 0 Å². The van der Waals surface area contributed by atoms with Gasteiger partial charge in [-0.1, -0.05) is 39.0 Å². The molecule has 15 heavy (non-hydrogen) atoms. The van der Waals surface area contributed by atoms with Crippen LogP contribution in [0.2, 0.25) is 0 Å². The van der Waals surface area contributed by atoms with Crippen molar-refractivity contribution in [3.63, 3.8) is 0 Å². The smallest absolute Gasteiger partial charge is 0.0973 e. The van der Waals surface area contributed by atoms with Crippen LogP contribution < -0.4 is 5.73 Å². The molecule has 3 nitrogen and oxygen atoms in total. The van der Waals surface area contributed by atoms with Gasteiger partial charge in [0.05, 0.1) is 12.2 Å². The molecule has 0 saturated heterocycles. The molecule has 1 unspecified atom stereocenters. The van der Waals surface area contributed by atoms with E-state index in [0.29, 0.717) is 6.61 Å². The average molecular weight is 217 g/mol. The van der Waals surface area contributed by atoms with E-state index in [-0.39, 0.29) is 6.54 Å². The minimum atomic E-state index is -0.859. The van der Waals surface area contributed by atoms with Crippen LogP contribution in [-0.4, -0.2) is 30.5 Å². The second-order valence-electron chi connectivity index (χ2n) is 4.52. The molecule has 0 radical (unpaired) electrons. The lowest BCUT2D eigenvalue weighted by Crippen LogP contribution is -2.39. The minimum Gasteiger partial charge on any atom is -0.386 e. The van der Waals surface area contributed by atoms with E-state index < -0.39 is 5.60 Å². The monoisotopic (exact) mass is 217 g/mol. The third-order valence-corrected chi connectivity index (χ3v) is 2.49. The van der Waals surface area contributed by atoms with Crippen molar-refractivity contribution < 1.29 is 9.84 Å². The summed E-state index contributed by atoms with van der Waals surface area (Å²) in [6.45, 7) is 5.26. The average Bonchev–Trinajstić information content (AvgIpc) is 2.22. The number of aliphatic hydroxyl groups is 1. The first-order chi connectivity index (χ1) is 7.12. The highest BCUT2D eigenvalue weighted by Gasteiger charge is 2.17. The zero-order valence-electron chi connectivity index (χ0n) is 10.3. The van der Waals surface area contributed by atoms with E-state index in [9.17, 15) is 5.11 Å². The molecule has 0 aliphatic heterocycles. The predicted octanol–water partition coefficient (Wildman–Crippen LogP) is 2.07. The first kappa shape index (κ1) is 14.9. The van der Waals surface area contributed by atoms with Gasteiger partial charge in [0.15, 0.2) is 0 Å². The van der Waals surface area contributed by atoms with E-state index in [2.05, 4.69) is 6.92 Å². The normalized spacial score (nSPS) is 15.2. The maximum atomic E-state index is 9.55. The standard InChI is InChI=1S/C12H27NO2/c1-3-4-5-6-7-8-9-15-11-12(2,14)10-13/h14H,3-11,13H2,1-2H3. The van der Waals surface area contributed by atoms with Crippen LogP contribution in [0.1, 0.15) is 52.4 Å². The second-order valence-corrected chi connectivity index (χ2v) is 4.52. The van der Waals surface area contributed by atoms with E-state index >= 15 is 0 Å². The first-order valence-corrected chi connectivity index (χ1v) is 6.12. The Morgan fingerprint density at radius 1 is 1.13 bits per heavy atom. The largest absolute Gasteiger partial charge is 0.386 e. The fourth-order valence-corrected chi connectivity index (χ4v) is 1.34. The van der Waals surface area contributed by atoms with Crippen molar-refractivity contribution in [1.82, 2.24) is 0 Å². The zero-order chi connectivity index (χ0) is 11.6. The lowest BCUT2D eigenvalue weighted by Gasteiger charge is -2.20. The van der Waals surface area contributed by atoms with Crippen LogP contribution in [-0.2, 0) is 4.74 Å². The van der Waals surface area contributed by atoms with Crippen LogP contribution in [0.25, 0.3) is 0 Å². The number of unbranched alkanes of at least 4 members (excludes halogenated alkanes) is 5. The Kier molecular flexibility index (Phi) is 9.06. The van der Waals surface area contributed by atoms with Crippen molar-refractivity contribution in [2.24, 2.45) is 5.73 Å². The molecule has 0 amide bonds. The van der Waals surface area contributed by atoms with Crippen molar-refractivity contribution >= 4 is 0 Å². The van der Waals surface area contributed by atoms with Crippen molar-refractivity contribution in [2.75, 3.05) is 19.8 Å². The fourth-order valence-electron chi connectivity index (χ4n) is 1.34. The molecule has 3 N–H and O–H groups in total. The number of ether oxygens (including phenoxy) is 1. The van der Waals surface area contributed by atoms with Crippen molar-refractivity contribution in [3.8, 4) is 0 Å². The van der Waals surface area contributed by atoms with Gasteiger partial charge in [0, 0.05) is 13.2 Å². The quantitative estimate of drug-likeness (QED) is 0.551. The molecule has 0 heterocycles. The van der Waals surface area contributed by atoms with E-state index in [0.717, 1.165) is 13.0 Å². The van der Waals surface area contributed by atoms with Crippen LogP contribution >= 0.6 is 0 Å². The van der Waals surface area contributed by atoms with Crippen molar-refractivity contribution in [1.29, 1.82) is 0 Å². The molecule has 3 heteroatoms. The maximum Gasteiger partial charge on any atom is 0.0973 e. The highest BCUT2D eigenvalue weighted by molar-refractivity contribution is 4.71. The zero-order valence-corrected chi connectivity index (χ0v) is 10.3. The molecule has 0 aliphatic rings. The molecule has 0 fully saturated rings. The van der Waals surface area contributed by atoms with Gasteiger partial charge >= 0.3 is 0 Å². The molecule has 0 aromatic heterocycles. The molecule has 0 saturated carbocycles. The van der Waals surface area contributed by atoms with Gasteiger partial charge in [0.25, 0.3) is 0 Å². The number of rotatable bonds is 10. The van der Waals surface area contributed by atoms with E-state index in [1.54, 1.807) is 6.92 Å².